The molecule has 16 heavy (non-hydrogen) atoms. The third-order valence-corrected chi connectivity index (χ3v) is 1.84. The molecule has 93 valence electrons. The molecule has 1 atom stereocenters. The first kappa shape index (κ1) is 15.8. The molecule has 4 nitrogen and oxygen atoms in total. The summed E-state index contributed by atoms with van der Waals surface area (Å²) in [4.78, 5) is 21.7. The van der Waals surface area contributed by atoms with Crippen LogP contribution in [0.2, 0.25) is 0 Å². The number of rotatable bonds is 5. The maximum atomic E-state index is 11.2. The molecule has 0 aromatic heterocycles. The third-order valence-electron chi connectivity index (χ3n) is 1.51. The van der Waals surface area contributed by atoms with Gasteiger partial charge in [-0.05, 0) is 12.3 Å². The molecule has 0 saturated carbocycles. The Kier molecular flexibility index (Phi) is 7.11. The standard InChI is InChI=1S/C9H13Cl3NO3/c1-6(2)3-7(4-14)13-8(15)16-5-9(10,11)12/h6-7H,3,5H2,1-2H3,(H,13,15)/t7-/m0/s1. The van der Waals surface area contributed by atoms with Crippen LogP contribution in [0.1, 0.15) is 20.3 Å². The predicted molar refractivity (Wildman–Crippen MR) is 63.7 cm³/mol. The summed E-state index contributed by atoms with van der Waals surface area (Å²) in [5.41, 5.74) is 0. The lowest BCUT2D eigenvalue weighted by atomic mass is 10.1. The van der Waals surface area contributed by atoms with Gasteiger partial charge in [-0.1, -0.05) is 48.7 Å². The second-order valence-corrected chi connectivity index (χ2v) is 6.15. The summed E-state index contributed by atoms with van der Waals surface area (Å²) in [6, 6.07) is -0.706. The van der Waals surface area contributed by atoms with E-state index in [1.807, 2.05) is 13.8 Å². The summed E-state index contributed by atoms with van der Waals surface area (Å²) >= 11 is 16.1. The number of ether oxygens (including phenoxy) is 1. The van der Waals surface area contributed by atoms with E-state index in [9.17, 15) is 9.59 Å². The van der Waals surface area contributed by atoms with Crippen molar-refractivity contribution in [2.24, 2.45) is 5.92 Å². The summed E-state index contributed by atoms with van der Waals surface area (Å²) in [6.45, 7) is 3.45. The average molecular weight is 290 g/mol. The van der Waals surface area contributed by atoms with E-state index in [1.165, 1.54) is 0 Å². The fourth-order valence-corrected chi connectivity index (χ4v) is 1.10. The first-order valence-electron chi connectivity index (χ1n) is 4.62. The molecule has 0 unspecified atom stereocenters. The Morgan fingerprint density at radius 1 is 1.44 bits per heavy atom. The van der Waals surface area contributed by atoms with Crippen molar-refractivity contribution >= 4 is 47.2 Å². The van der Waals surface area contributed by atoms with Crippen LogP contribution in [0.5, 0.6) is 0 Å². The highest BCUT2D eigenvalue weighted by Crippen LogP contribution is 2.25. The Hall–Kier alpha value is -0.190. The van der Waals surface area contributed by atoms with Crippen LogP contribution >= 0.6 is 34.8 Å². The van der Waals surface area contributed by atoms with E-state index in [0.717, 1.165) is 0 Å². The van der Waals surface area contributed by atoms with Crippen molar-refractivity contribution in [3.05, 3.63) is 0 Å². The monoisotopic (exact) mass is 288 g/mol. The molecule has 1 radical (unpaired) electrons. The SMILES string of the molecule is CC(C)C[C@@H]([C]=O)NC(=O)OCC(Cl)(Cl)Cl. The van der Waals surface area contributed by atoms with Gasteiger partial charge in [0.1, 0.15) is 6.61 Å². The van der Waals surface area contributed by atoms with E-state index in [4.69, 9.17) is 34.8 Å². The number of hydrogen-bond acceptors (Lipinski definition) is 3. The molecule has 1 amide bonds. The number of alkyl carbamates (subject to hydrolysis) is 1. The molecule has 7 heteroatoms. The number of carbonyl (C=O) groups is 1. The molecule has 0 aliphatic heterocycles. The molecule has 0 aliphatic rings. The van der Waals surface area contributed by atoms with Crippen molar-refractivity contribution in [2.75, 3.05) is 6.61 Å². The van der Waals surface area contributed by atoms with Gasteiger partial charge in [-0.25, -0.2) is 4.79 Å². The smallest absolute Gasteiger partial charge is 0.407 e. The quantitative estimate of drug-likeness (QED) is 0.792. The van der Waals surface area contributed by atoms with Crippen LogP contribution < -0.4 is 5.32 Å². The molecule has 0 fully saturated rings. The van der Waals surface area contributed by atoms with E-state index >= 15 is 0 Å². The highest BCUT2D eigenvalue weighted by Gasteiger charge is 2.23. The van der Waals surface area contributed by atoms with Gasteiger partial charge in [0.25, 0.3) is 0 Å². The average Bonchev–Trinajstić information content (AvgIpc) is 2.12. The van der Waals surface area contributed by atoms with Gasteiger partial charge < -0.3 is 10.1 Å². The van der Waals surface area contributed by atoms with Crippen molar-refractivity contribution in [2.45, 2.75) is 30.1 Å². The zero-order valence-electron chi connectivity index (χ0n) is 8.93. The summed E-state index contributed by atoms with van der Waals surface area (Å²) in [7, 11) is 0. The molecule has 1 N–H and O–H groups in total. The van der Waals surface area contributed by atoms with E-state index in [-0.39, 0.29) is 12.5 Å². The summed E-state index contributed by atoms with van der Waals surface area (Å²) in [6.07, 6.45) is 1.37. The summed E-state index contributed by atoms with van der Waals surface area (Å²) in [5, 5.41) is 2.31. The molecule has 0 aromatic carbocycles. The minimum atomic E-state index is -1.66. The number of carbonyl (C=O) groups excluding carboxylic acids is 2. The lowest BCUT2D eigenvalue weighted by Gasteiger charge is -2.16. The number of alkyl halides is 3. The lowest BCUT2D eigenvalue weighted by molar-refractivity contribution is 0.145. The molecule has 0 aromatic rings. The topological polar surface area (TPSA) is 55.4 Å². The number of nitrogens with one attached hydrogen (secondary N) is 1. The minimum Gasteiger partial charge on any atom is -0.445 e. The maximum Gasteiger partial charge on any atom is 0.407 e. The summed E-state index contributed by atoms with van der Waals surface area (Å²) in [5.74, 6) is 0.250. The molecule has 0 heterocycles. The van der Waals surface area contributed by atoms with Crippen LogP contribution in [-0.2, 0) is 9.53 Å². The van der Waals surface area contributed by atoms with Crippen molar-refractivity contribution < 1.29 is 14.3 Å². The van der Waals surface area contributed by atoms with E-state index in [2.05, 4.69) is 10.1 Å². The Morgan fingerprint density at radius 2 is 2.00 bits per heavy atom. The van der Waals surface area contributed by atoms with Crippen LogP contribution in [0.15, 0.2) is 0 Å². The highest BCUT2D eigenvalue weighted by molar-refractivity contribution is 6.67. The molecular weight excluding hydrogens is 276 g/mol. The second-order valence-electron chi connectivity index (χ2n) is 3.64. The second kappa shape index (κ2) is 7.20. The van der Waals surface area contributed by atoms with Crippen molar-refractivity contribution in [1.29, 1.82) is 0 Å². The lowest BCUT2D eigenvalue weighted by Crippen LogP contribution is -2.38. The molecular formula is C9H13Cl3NO3. The molecule has 0 saturated heterocycles. The predicted octanol–water partition coefficient (Wildman–Crippen LogP) is 2.61. The fourth-order valence-electron chi connectivity index (χ4n) is 0.939. The largest absolute Gasteiger partial charge is 0.445 e. The van der Waals surface area contributed by atoms with Gasteiger partial charge in [0, 0.05) is 0 Å². The van der Waals surface area contributed by atoms with Crippen LogP contribution in [0, 0.1) is 5.92 Å². The Bertz CT molecular complexity index is 241. The first-order valence-corrected chi connectivity index (χ1v) is 5.75. The van der Waals surface area contributed by atoms with E-state index in [0.29, 0.717) is 6.42 Å². The Balaban J connectivity index is 3.97. The first-order chi connectivity index (χ1) is 7.24. The van der Waals surface area contributed by atoms with Crippen molar-refractivity contribution in [3.63, 3.8) is 0 Å². The van der Waals surface area contributed by atoms with E-state index < -0.39 is 15.9 Å². The number of hydrogen-bond donors (Lipinski definition) is 1. The normalized spacial score (nSPS) is 13.4. The van der Waals surface area contributed by atoms with E-state index in [1.54, 1.807) is 6.29 Å². The van der Waals surface area contributed by atoms with Gasteiger partial charge in [-0.15, -0.1) is 0 Å². The van der Waals surface area contributed by atoms with Crippen LogP contribution in [0.25, 0.3) is 0 Å². The molecule has 0 aliphatic carbocycles. The van der Waals surface area contributed by atoms with Crippen molar-refractivity contribution in [3.8, 4) is 0 Å². The Morgan fingerprint density at radius 3 is 2.38 bits per heavy atom. The number of halogens is 3. The van der Waals surface area contributed by atoms with Gasteiger partial charge in [0.15, 0.2) is 0 Å². The third kappa shape index (κ3) is 9.07. The van der Waals surface area contributed by atoms with Gasteiger partial charge in [-0.3, -0.25) is 4.79 Å². The number of amides is 1. The zero-order valence-corrected chi connectivity index (χ0v) is 11.2. The van der Waals surface area contributed by atoms with Crippen LogP contribution in [-0.4, -0.2) is 28.8 Å². The maximum absolute atomic E-state index is 11.2. The van der Waals surface area contributed by atoms with Crippen LogP contribution in [0.4, 0.5) is 4.79 Å². The Labute approximate surface area is 110 Å². The van der Waals surface area contributed by atoms with Crippen molar-refractivity contribution in [1.82, 2.24) is 5.32 Å². The molecule has 0 rings (SSSR count). The van der Waals surface area contributed by atoms with Gasteiger partial charge in [0.2, 0.25) is 10.1 Å². The van der Waals surface area contributed by atoms with Crippen LogP contribution in [0.3, 0.4) is 0 Å². The van der Waals surface area contributed by atoms with Gasteiger partial charge >= 0.3 is 6.09 Å². The van der Waals surface area contributed by atoms with Gasteiger partial charge in [-0.2, -0.15) is 0 Å². The fraction of sp³-hybridized carbons (Fsp3) is 0.778. The highest BCUT2D eigenvalue weighted by atomic mass is 35.6. The van der Waals surface area contributed by atoms with Gasteiger partial charge in [0.05, 0.1) is 6.04 Å². The molecule has 0 bridgehead atoms. The zero-order chi connectivity index (χ0) is 12.8. The minimum absolute atomic E-state index is 0.250. The molecule has 0 spiro atoms. The summed E-state index contributed by atoms with van der Waals surface area (Å²) < 4.78 is 2.94.